The number of methoxy groups -OCH3 is 2. The molecule has 0 N–H and O–H groups in total. The molecule has 0 saturated carbocycles. The number of hydrogen-bond donors (Lipinski definition) is 0. The number of ether oxygens (including phenoxy) is 2. The van der Waals surface area contributed by atoms with E-state index in [9.17, 15) is 0 Å². The Labute approximate surface area is 167 Å². The summed E-state index contributed by atoms with van der Waals surface area (Å²) < 4.78 is 11.7. The lowest BCUT2D eigenvalue weighted by Crippen LogP contribution is -2.24. The van der Waals surface area contributed by atoms with Gasteiger partial charge < -0.3 is 14.4 Å². The average molecular weight is 373 g/mol. The first-order valence-electron chi connectivity index (χ1n) is 9.63. The minimum absolute atomic E-state index is 0.0501. The molecule has 0 bridgehead atoms. The van der Waals surface area contributed by atoms with Gasteiger partial charge in [0.25, 0.3) is 0 Å². The van der Waals surface area contributed by atoms with Crippen LogP contribution in [0.25, 0.3) is 0 Å². The van der Waals surface area contributed by atoms with Crippen molar-refractivity contribution in [2.75, 3.05) is 26.2 Å². The van der Waals surface area contributed by atoms with Crippen LogP contribution >= 0.6 is 0 Å². The number of aryl methyl sites for hydroxylation is 3. The molecule has 1 aliphatic rings. The van der Waals surface area contributed by atoms with Crippen LogP contribution in [0.2, 0.25) is 0 Å². The van der Waals surface area contributed by atoms with E-state index in [0.717, 1.165) is 11.5 Å². The van der Waals surface area contributed by atoms with Gasteiger partial charge in [-0.2, -0.15) is 0 Å². The Bertz CT molecular complexity index is 976. The summed E-state index contributed by atoms with van der Waals surface area (Å²) in [6, 6.07) is 17.1. The summed E-state index contributed by atoms with van der Waals surface area (Å²) in [4.78, 5) is 2.24. The second kappa shape index (κ2) is 6.90. The van der Waals surface area contributed by atoms with Crippen molar-refractivity contribution in [2.45, 2.75) is 26.7 Å². The van der Waals surface area contributed by atoms with Crippen molar-refractivity contribution in [3.8, 4) is 11.5 Å². The van der Waals surface area contributed by atoms with Crippen molar-refractivity contribution in [2.24, 2.45) is 0 Å². The number of hydrogen-bond acceptors (Lipinski definition) is 3. The van der Waals surface area contributed by atoms with Crippen molar-refractivity contribution < 1.29 is 9.47 Å². The van der Waals surface area contributed by atoms with Gasteiger partial charge in [-0.05, 0) is 61.7 Å². The molecule has 3 aromatic rings. The number of anilines is 2. The predicted octanol–water partition coefficient (Wildman–Crippen LogP) is 5.89. The van der Waals surface area contributed by atoms with E-state index < -0.39 is 0 Å². The molecule has 28 heavy (non-hydrogen) atoms. The van der Waals surface area contributed by atoms with Gasteiger partial charge in [0.15, 0.2) is 0 Å². The third kappa shape index (κ3) is 2.65. The Kier molecular flexibility index (Phi) is 4.54. The van der Waals surface area contributed by atoms with Crippen molar-refractivity contribution in [3.63, 3.8) is 0 Å². The summed E-state index contributed by atoms with van der Waals surface area (Å²) in [5.41, 5.74) is 9.93. The SMILES string of the molecule is COc1cccc2c1C(c1c(C)cc(C)cc1C)c1c(OC)cccc1N2C. The van der Waals surface area contributed by atoms with E-state index in [1.165, 1.54) is 44.8 Å². The average Bonchev–Trinajstić information content (AvgIpc) is 2.68. The van der Waals surface area contributed by atoms with Gasteiger partial charge in [-0.1, -0.05) is 29.8 Å². The maximum absolute atomic E-state index is 5.84. The van der Waals surface area contributed by atoms with Crippen LogP contribution in [-0.4, -0.2) is 21.3 Å². The van der Waals surface area contributed by atoms with Crippen molar-refractivity contribution in [3.05, 3.63) is 81.9 Å². The van der Waals surface area contributed by atoms with Crippen molar-refractivity contribution in [1.29, 1.82) is 0 Å². The maximum Gasteiger partial charge on any atom is 0.125 e. The van der Waals surface area contributed by atoms with Crippen LogP contribution < -0.4 is 14.4 Å². The molecule has 0 saturated heterocycles. The third-order valence-corrected chi connectivity index (χ3v) is 5.85. The highest BCUT2D eigenvalue weighted by Gasteiger charge is 2.36. The van der Waals surface area contributed by atoms with E-state index >= 15 is 0 Å². The Morgan fingerprint density at radius 1 is 0.714 bits per heavy atom. The highest BCUT2D eigenvalue weighted by atomic mass is 16.5. The number of benzene rings is 3. The molecule has 0 unspecified atom stereocenters. The monoisotopic (exact) mass is 373 g/mol. The fourth-order valence-corrected chi connectivity index (χ4v) is 4.80. The van der Waals surface area contributed by atoms with E-state index in [2.05, 4.69) is 81.2 Å². The summed E-state index contributed by atoms with van der Waals surface area (Å²) in [5.74, 6) is 1.87. The molecule has 0 atom stereocenters. The van der Waals surface area contributed by atoms with E-state index in [1.807, 2.05) is 0 Å². The smallest absolute Gasteiger partial charge is 0.125 e. The molecule has 0 radical (unpaired) electrons. The fourth-order valence-electron chi connectivity index (χ4n) is 4.80. The van der Waals surface area contributed by atoms with E-state index in [1.54, 1.807) is 14.2 Å². The molecule has 3 nitrogen and oxygen atoms in total. The molecular formula is C25H27NO2. The number of fused-ring (bicyclic) bond motifs is 2. The van der Waals surface area contributed by atoms with Crippen LogP contribution in [0.4, 0.5) is 11.4 Å². The molecule has 0 aliphatic carbocycles. The Balaban J connectivity index is 2.14. The molecule has 1 heterocycles. The molecule has 0 spiro atoms. The Morgan fingerprint density at radius 2 is 1.18 bits per heavy atom. The summed E-state index contributed by atoms with van der Waals surface area (Å²) in [6.45, 7) is 6.57. The quantitative estimate of drug-likeness (QED) is 0.571. The third-order valence-electron chi connectivity index (χ3n) is 5.85. The first-order chi connectivity index (χ1) is 13.5. The zero-order chi connectivity index (χ0) is 20.0. The standard InChI is InChI=1S/C25H27NO2/c1-15-13-16(2)22(17(3)14-15)25-23-18(9-7-11-20(23)27-5)26(4)19-10-8-12-21(28-6)24(19)25/h7-14,25H,1-6H3. The van der Waals surface area contributed by atoms with Crippen LogP contribution in [0.1, 0.15) is 39.3 Å². The molecule has 0 aromatic heterocycles. The molecule has 3 aromatic carbocycles. The molecule has 4 rings (SSSR count). The summed E-state index contributed by atoms with van der Waals surface area (Å²) in [7, 11) is 5.61. The molecule has 1 aliphatic heterocycles. The Morgan fingerprint density at radius 3 is 1.61 bits per heavy atom. The minimum Gasteiger partial charge on any atom is -0.496 e. The predicted molar refractivity (Wildman–Crippen MR) is 116 cm³/mol. The fraction of sp³-hybridized carbons (Fsp3) is 0.280. The second-order valence-corrected chi connectivity index (χ2v) is 7.59. The van der Waals surface area contributed by atoms with Gasteiger partial charge in [-0.3, -0.25) is 0 Å². The molecule has 3 heteroatoms. The highest BCUT2D eigenvalue weighted by molar-refractivity contribution is 5.82. The largest absolute Gasteiger partial charge is 0.496 e. The van der Waals surface area contributed by atoms with Crippen LogP contribution in [0.3, 0.4) is 0 Å². The molecule has 0 amide bonds. The van der Waals surface area contributed by atoms with Gasteiger partial charge in [0.1, 0.15) is 11.5 Å². The summed E-state index contributed by atoms with van der Waals surface area (Å²) in [5, 5.41) is 0. The minimum atomic E-state index is 0.0501. The number of rotatable bonds is 3. The summed E-state index contributed by atoms with van der Waals surface area (Å²) >= 11 is 0. The van der Waals surface area contributed by atoms with E-state index in [4.69, 9.17) is 9.47 Å². The second-order valence-electron chi connectivity index (χ2n) is 7.59. The number of nitrogens with zero attached hydrogens (tertiary/aromatic N) is 1. The van der Waals surface area contributed by atoms with Gasteiger partial charge in [0, 0.05) is 35.5 Å². The lowest BCUT2D eigenvalue weighted by atomic mass is 9.76. The Hall–Kier alpha value is -2.94. The normalized spacial score (nSPS) is 13.1. The van der Waals surface area contributed by atoms with Crippen molar-refractivity contribution >= 4 is 11.4 Å². The molecule has 144 valence electrons. The lowest BCUT2D eigenvalue weighted by molar-refractivity contribution is 0.402. The van der Waals surface area contributed by atoms with Crippen molar-refractivity contribution in [1.82, 2.24) is 0 Å². The van der Waals surface area contributed by atoms with Crippen LogP contribution in [0, 0.1) is 20.8 Å². The van der Waals surface area contributed by atoms with Gasteiger partial charge in [0.2, 0.25) is 0 Å². The topological polar surface area (TPSA) is 21.7 Å². The van der Waals surface area contributed by atoms with Crippen LogP contribution in [0.15, 0.2) is 48.5 Å². The molecular weight excluding hydrogens is 346 g/mol. The van der Waals surface area contributed by atoms with Gasteiger partial charge in [-0.25, -0.2) is 0 Å². The van der Waals surface area contributed by atoms with Gasteiger partial charge in [-0.15, -0.1) is 0 Å². The maximum atomic E-state index is 5.84. The van der Waals surface area contributed by atoms with Crippen LogP contribution in [0.5, 0.6) is 11.5 Å². The van der Waals surface area contributed by atoms with E-state index in [-0.39, 0.29) is 5.92 Å². The van der Waals surface area contributed by atoms with Crippen LogP contribution in [-0.2, 0) is 0 Å². The molecule has 0 fully saturated rings. The lowest BCUT2D eigenvalue weighted by Gasteiger charge is -2.38. The highest BCUT2D eigenvalue weighted by Crippen LogP contribution is 2.54. The first-order valence-corrected chi connectivity index (χ1v) is 9.63. The van der Waals surface area contributed by atoms with E-state index in [0.29, 0.717) is 0 Å². The first kappa shape index (κ1) is 18.4. The van der Waals surface area contributed by atoms with Gasteiger partial charge in [0.05, 0.1) is 14.2 Å². The zero-order valence-corrected chi connectivity index (χ0v) is 17.5. The zero-order valence-electron chi connectivity index (χ0n) is 17.5. The van der Waals surface area contributed by atoms with Gasteiger partial charge >= 0.3 is 0 Å². The summed E-state index contributed by atoms with van der Waals surface area (Å²) in [6.07, 6.45) is 0.